The maximum absolute atomic E-state index is 5.58. The van der Waals surface area contributed by atoms with Crippen molar-refractivity contribution < 1.29 is 4.52 Å². The zero-order valence-corrected chi connectivity index (χ0v) is 8.71. The molecule has 0 aliphatic heterocycles. The van der Waals surface area contributed by atoms with Crippen molar-refractivity contribution >= 4 is 22.9 Å². The van der Waals surface area contributed by atoms with Crippen molar-refractivity contribution in [3.05, 3.63) is 24.4 Å². The number of rotatable bonds is 3. The smallest absolute Gasteiger partial charge is 0.224 e. The zero-order valence-electron chi connectivity index (χ0n) is 8.71. The van der Waals surface area contributed by atoms with Gasteiger partial charge in [-0.05, 0) is 0 Å². The van der Waals surface area contributed by atoms with Gasteiger partial charge in [-0.25, -0.2) is 4.98 Å². The molecular weight excluding hydrogens is 222 g/mol. The third kappa shape index (κ3) is 1.75. The highest BCUT2D eigenvalue weighted by Gasteiger charge is 2.08. The Balaban J connectivity index is 1.91. The number of hydrogen-bond acceptors (Lipinski definition) is 7. The number of nitrogens with two attached hydrogens (primary N) is 1. The molecule has 0 spiro atoms. The highest BCUT2D eigenvalue weighted by molar-refractivity contribution is 5.83. The van der Waals surface area contributed by atoms with E-state index in [0.717, 1.165) is 5.69 Å². The third-order valence-electron chi connectivity index (χ3n) is 2.23. The molecule has 0 saturated carbocycles. The van der Waals surface area contributed by atoms with E-state index < -0.39 is 0 Å². The summed E-state index contributed by atoms with van der Waals surface area (Å²) in [5.74, 6) is 0.764. The predicted octanol–water partition coefficient (Wildman–Crippen LogP) is 0.535. The summed E-state index contributed by atoms with van der Waals surface area (Å²) in [5.41, 5.74) is 7.59. The molecule has 8 nitrogen and oxygen atoms in total. The third-order valence-corrected chi connectivity index (χ3v) is 2.23. The second-order valence-electron chi connectivity index (χ2n) is 3.38. The average molecular weight is 231 g/mol. The Morgan fingerprint density at radius 2 is 2.35 bits per heavy atom. The molecule has 86 valence electrons. The van der Waals surface area contributed by atoms with E-state index in [9.17, 15) is 0 Å². The molecule has 3 aromatic heterocycles. The summed E-state index contributed by atoms with van der Waals surface area (Å²) in [6.45, 7) is 0.487. The molecule has 0 radical (unpaired) electrons. The first kappa shape index (κ1) is 9.58. The van der Waals surface area contributed by atoms with E-state index in [2.05, 4.69) is 30.4 Å². The number of nitrogen functional groups attached to an aromatic ring is 1. The van der Waals surface area contributed by atoms with Crippen molar-refractivity contribution in [1.29, 1.82) is 0 Å². The van der Waals surface area contributed by atoms with E-state index >= 15 is 0 Å². The number of aromatic amines is 1. The van der Waals surface area contributed by atoms with Crippen LogP contribution in [0.25, 0.3) is 11.2 Å². The lowest BCUT2D eigenvalue weighted by Crippen LogP contribution is -2.05. The van der Waals surface area contributed by atoms with E-state index in [4.69, 9.17) is 10.3 Å². The molecule has 0 aliphatic carbocycles. The van der Waals surface area contributed by atoms with E-state index in [0.29, 0.717) is 23.5 Å². The molecule has 0 bridgehead atoms. The number of hydrogen-bond donors (Lipinski definition) is 3. The molecule has 3 aromatic rings. The van der Waals surface area contributed by atoms with E-state index in [1.807, 2.05) is 0 Å². The number of H-pyrrole nitrogens is 1. The Morgan fingerprint density at radius 3 is 3.18 bits per heavy atom. The van der Waals surface area contributed by atoms with Crippen molar-refractivity contribution in [1.82, 2.24) is 25.1 Å². The molecule has 0 aliphatic rings. The van der Waals surface area contributed by atoms with Crippen LogP contribution < -0.4 is 11.1 Å². The van der Waals surface area contributed by atoms with Gasteiger partial charge in [0, 0.05) is 6.07 Å². The number of fused-ring (bicyclic) bond motifs is 1. The number of nitrogens with zero attached hydrogens (tertiary/aromatic N) is 4. The number of anilines is 2. The summed E-state index contributed by atoms with van der Waals surface area (Å²) in [4.78, 5) is 15.1. The average Bonchev–Trinajstić information content (AvgIpc) is 2.95. The van der Waals surface area contributed by atoms with E-state index in [-0.39, 0.29) is 5.95 Å². The van der Waals surface area contributed by atoms with Crippen molar-refractivity contribution in [2.24, 2.45) is 0 Å². The fourth-order valence-corrected chi connectivity index (χ4v) is 1.48. The molecule has 8 heteroatoms. The Bertz CT molecular complexity index is 630. The van der Waals surface area contributed by atoms with Crippen LogP contribution in [0.5, 0.6) is 0 Å². The lowest BCUT2D eigenvalue weighted by atomic mass is 10.4. The standard InChI is InChI=1S/C9H9N7O/c10-9-14-7(6-8(15-9)13-4-12-6)11-3-5-1-2-17-16-5/h1-2,4H,3H2,(H4,10,11,12,13,14,15). The van der Waals surface area contributed by atoms with Gasteiger partial charge in [0.25, 0.3) is 0 Å². The summed E-state index contributed by atoms with van der Waals surface area (Å²) < 4.78 is 4.73. The highest BCUT2D eigenvalue weighted by Crippen LogP contribution is 2.17. The lowest BCUT2D eigenvalue weighted by molar-refractivity contribution is 0.412. The number of nitrogens with one attached hydrogen (secondary N) is 2. The first-order valence-corrected chi connectivity index (χ1v) is 4.92. The largest absolute Gasteiger partial charge is 0.368 e. The molecule has 0 aromatic carbocycles. The maximum Gasteiger partial charge on any atom is 0.224 e. The molecule has 0 unspecified atom stereocenters. The summed E-state index contributed by atoms with van der Waals surface area (Å²) >= 11 is 0. The summed E-state index contributed by atoms with van der Waals surface area (Å²) in [6.07, 6.45) is 3.05. The fraction of sp³-hybridized carbons (Fsp3) is 0.111. The molecule has 17 heavy (non-hydrogen) atoms. The first-order chi connectivity index (χ1) is 8.33. The Morgan fingerprint density at radius 1 is 1.41 bits per heavy atom. The molecule has 0 atom stereocenters. The fourth-order valence-electron chi connectivity index (χ4n) is 1.48. The topological polar surface area (TPSA) is 119 Å². The van der Waals surface area contributed by atoms with Gasteiger partial charge in [-0.3, -0.25) is 0 Å². The van der Waals surface area contributed by atoms with E-state index in [1.165, 1.54) is 6.26 Å². The van der Waals surface area contributed by atoms with E-state index in [1.54, 1.807) is 12.4 Å². The van der Waals surface area contributed by atoms with Crippen molar-refractivity contribution in [2.75, 3.05) is 11.1 Å². The highest BCUT2D eigenvalue weighted by atomic mass is 16.5. The van der Waals surface area contributed by atoms with Gasteiger partial charge in [0.15, 0.2) is 11.5 Å². The van der Waals surface area contributed by atoms with Crippen molar-refractivity contribution in [2.45, 2.75) is 6.54 Å². The van der Waals surface area contributed by atoms with Crippen LogP contribution >= 0.6 is 0 Å². The van der Waals surface area contributed by atoms with Gasteiger partial charge < -0.3 is 20.6 Å². The Kier molecular flexibility index (Phi) is 2.11. The molecule has 4 N–H and O–H groups in total. The quantitative estimate of drug-likeness (QED) is 0.601. The van der Waals surface area contributed by atoms with Crippen LogP contribution in [0.15, 0.2) is 23.2 Å². The van der Waals surface area contributed by atoms with Gasteiger partial charge in [0.1, 0.15) is 17.5 Å². The first-order valence-electron chi connectivity index (χ1n) is 4.92. The van der Waals surface area contributed by atoms with Crippen LogP contribution in [0, 0.1) is 0 Å². The minimum atomic E-state index is 0.173. The molecule has 0 amide bonds. The minimum absolute atomic E-state index is 0.173. The molecular formula is C9H9N7O. The minimum Gasteiger partial charge on any atom is -0.368 e. The number of imidazole rings is 1. The molecule has 0 fully saturated rings. The van der Waals surface area contributed by atoms with Crippen LogP contribution in [0.4, 0.5) is 11.8 Å². The maximum atomic E-state index is 5.58. The lowest BCUT2D eigenvalue weighted by Gasteiger charge is -2.04. The summed E-state index contributed by atoms with van der Waals surface area (Å²) in [7, 11) is 0. The van der Waals surface area contributed by atoms with Crippen LogP contribution in [-0.2, 0) is 6.54 Å². The van der Waals surface area contributed by atoms with Gasteiger partial charge >= 0.3 is 0 Å². The Labute approximate surface area is 95.3 Å². The monoisotopic (exact) mass is 231 g/mol. The van der Waals surface area contributed by atoms with Crippen LogP contribution in [0.2, 0.25) is 0 Å². The SMILES string of the molecule is Nc1nc(NCc2ccon2)c2[nH]cnc2n1. The molecule has 0 saturated heterocycles. The normalized spacial score (nSPS) is 10.8. The van der Waals surface area contributed by atoms with Gasteiger partial charge in [0.2, 0.25) is 5.95 Å². The summed E-state index contributed by atoms with van der Waals surface area (Å²) in [6, 6.07) is 1.77. The van der Waals surface area contributed by atoms with Gasteiger partial charge in [-0.2, -0.15) is 9.97 Å². The zero-order chi connectivity index (χ0) is 11.7. The van der Waals surface area contributed by atoms with Gasteiger partial charge in [-0.15, -0.1) is 0 Å². The Hall–Kier alpha value is -2.64. The van der Waals surface area contributed by atoms with Crippen LogP contribution in [0.3, 0.4) is 0 Å². The second-order valence-corrected chi connectivity index (χ2v) is 3.38. The second kappa shape index (κ2) is 3.74. The van der Waals surface area contributed by atoms with Gasteiger partial charge in [0.05, 0.1) is 12.9 Å². The van der Waals surface area contributed by atoms with Crippen LogP contribution in [0.1, 0.15) is 5.69 Å². The summed E-state index contributed by atoms with van der Waals surface area (Å²) in [5, 5.41) is 6.88. The molecule has 3 heterocycles. The van der Waals surface area contributed by atoms with Crippen molar-refractivity contribution in [3.63, 3.8) is 0 Å². The van der Waals surface area contributed by atoms with Crippen molar-refractivity contribution in [3.8, 4) is 0 Å². The van der Waals surface area contributed by atoms with Crippen LogP contribution in [-0.4, -0.2) is 25.1 Å². The predicted molar refractivity (Wildman–Crippen MR) is 59.9 cm³/mol. The number of aromatic nitrogens is 5. The molecule has 3 rings (SSSR count). The van der Waals surface area contributed by atoms with Gasteiger partial charge in [-0.1, -0.05) is 5.16 Å².